The van der Waals surface area contributed by atoms with E-state index < -0.39 is 11.8 Å². The van der Waals surface area contributed by atoms with Gasteiger partial charge in [-0.3, -0.25) is 9.59 Å². The van der Waals surface area contributed by atoms with Crippen molar-refractivity contribution in [2.24, 2.45) is 5.92 Å². The molecule has 0 unspecified atom stereocenters. The number of ketones is 1. The molecule has 1 aromatic heterocycles. The lowest BCUT2D eigenvalue weighted by Crippen LogP contribution is -2.37. The number of aromatic nitrogens is 2. The first kappa shape index (κ1) is 48.5. The van der Waals surface area contributed by atoms with Crippen molar-refractivity contribution < 1.29 is 29.0 Å². The highest BCUT2D eigenvalue weighted by Crippen LogP contribution is 2.34. The normalized spacial score (nSPS) is 12.5. The maximum absolute atomic E-state index is 12.3. The molecule has 6 rings (SSSR count). The number of carbonyl (C=O) groups is 2. The standard InChI is InChI=1S/C20H19ClN2O3.C19H16ClN3O2.C4H8O.CH3PS/c1-13-15(8-9-17(22-2)19(13)21)10-16(12-24)20(26)23-11-18(25)14-6-4-3-5-7-14;1-12-14(8-9-16(21-2)17(12)20)10-15(11-24)19-23-22-18(25-19)13-6-4-3-5-7-13;1-2-4-5-3-1;1-2-3/h3-9,16,24H,10-12H2,1H3,(H,23,26);3-9,15,24H,10-11H2,1H3;1-4H2;1H3/t16-;15-;;/m11../s1. The topological polar surface area (TPSA) is 144 Å². The Morgan fingerprint density at radius 2 is 1.36 bits per heavy atom. The van der Waals surface area contributed by atoms with Gasteiger partial charge in [-0.25, -0.2) is 9.69 Å². The molecule has 0 bridgehead atoms. The summed E-state index contributed by atoms with van der Waals surface area (Å²) in [6.07, 6.45) is 3.32. The molecule has 59 heavy (non-hydrogen) atoms. The second kappa shape index (κ2) is 26.3. The van der Waals surface area contributed by atoms with E-state index in [1.165, 1.54) is 12.8 Å². The first-order valence-corrected chi connectivity index (χ1v) is 21.7. The summed E-state index contributed by atoms with van der Waals surface area (Å²) in [5, 5.41) is 30.9. The molecule has 15 heteroatoms. The Kier molecular flexibility index (Phi) is 21.6. The fourth-order valence-electron chi connectivity index (χ4n) is 5.68. The van der Waals surface area contributed by atoms with Crippen molar-refractivity contribution in [3.05, 3.63) is 152 Å². The Morgan fingerprint density at radius 3 is 1.83 bits per heavy atom. The van der Waals surface area contributed by atoms with E-state index in [1.54, 1.807) is 49.4 Å². The van der Waals surface area contributed by atoms with E-state index in [4.69, 9.17) is 45.5 Å². The van der Waals surface area contributed by atoms with Crippen LogP contribution < -0.4 is 5.32 Å². The van der Waals surface area contributed by atoms with Crippen molar-refractivity contribution in [2.45, 2.75) is 45.4 Å². The van der Waals surface area contributed by atoms with Crippen molar-refractivity contribution in [2.75, 3.05) is 39.6 Å². The van der Waals surface area contributed by atoms with Crippen molar-refractivity contribution >= 4 is 65.4 Å². The van der Waals surface area contributed by atoms with Crippen LogP contribution >= 0.6 is 30.6 Å². The van der Waals surface area contributed by atoms with Crippen LogP contribution in [0.4, 0.5) is 11.4 Å². The average molecular weight is 875 g/mol. The number of nitrogens with one attached hydrogen (secondary N) is 1. The quantitative estimate of drug-likeness (QED) is 0.0634. The first-order valence-electron chi connectivity index (χ1n) is 18.6. The minimum absolute atomic E-state index is 0.127. The van der Waals surface area contributed by atoms with E-state index in [0.717, 1.165) is 42.8 Å². The third-order valence-electron chi connectivity index (χ3n) is 9.10. The molecule has 4 aromatic carbocycles. The summed E-state index contributed by atoms with van der Waals surface area (Å²) in [4.78, 5) is 31.1. The minimum Gasteiger partial charge on any atom is -0.420 e. The predicted octanol–water partition coefficient (Wildman–Crippen LogP) is 9.74. The molecule has 1 aliphatic rings. The SMILES string of the molecule is C1CCOC1.CP=S.[C-]#[N+]c1ccc(C[C@H](CO)C(=O)NCC(=O)c2ccccc2)c(C)c1Cl.[C-]#[N+]c1ccc(C[C@H](CO)c2nnc(-c3ccccc3)o2)c(C)c1Cl. The second-order valence-corrected chi connectivity index (χ2v) is 15.3. The molecular formula is C44H46Cl2N5O6PS. The molecule has 5 aromatic rings. The van der Waals surface area contributed by atoms with Gasteiger partial charge in [-0.2, -0.15) is 0 Å². The highest BCUT2D eigenvalue weighted by atomic mass is 35.5. The number of benzene rings is 4. The largest absolute Gasteiger partial charge is 0.420 e. The highest BCUT2D eigenvalue weighted by molar-refractivity contribution is 7.96. The highest BCUT2D eigenvalue weighted by Gasteiger charge is 2.22. The summed E-state index contributed by atoms with van der Waals surface area (Å²) in [6.45, 7) is 21.1. The van der Waals surface area contributed by atoms with Gasteiger partial charge in [0, 0.05) is 24.3 Å². The summed E-state index contributed by atoms with van der Waals surface area (Å²) < 4.78 is 10.7. The van der Waals surface area contributed by atoms with Gasteiger partial charge in [0.2, 0.25) is 29.1 Å². The Morgan fingerprint density at radius 1 is 0.831 bits per heavy atom. The lowest BCUT2D eigenvalue weighted by atomic mass is 9.95. The molecule has 0 saturated carbocycles. The Bertz CT molecular complexity index is 2200. The number of halogens is 2. The molecule has 0 aliphatic carbocycles. The van der Waals surface area contributed by atoms with E-state index in [1.807, 2.05) is 56.1 Å². The van der Waals surface area contributed by atoms with Crippen LogP contribution in [0.25, 0.3) is 21.1 Å². The second-order valence-electron chi connectivity index (χ2n) is 13.1. The maximum atomic E-state index is 12.3. The fraction of sp³-hybridized carbons (Fsp3) is 0.318. The monoisotopic (exact) mass is 873 g/mol. The molecule has 2 atom stereocenters. The van der Waals surface area contributed by atoms with Crippen molar-refractivity contribution in [1.29, 1.82) is 0 Å². The smallest absolute Gasteiger partial charge is 0.247 e. The number of ether oxygens (including phenoxy) is 1. The van der Waals surface area contributed by atoms with Crippen molar-refractivity contribution in [3.8, 4) is 11.5 Å². The predicted molar refractivity (Wildman–Crippen MR) is 236 cm³/mol. The molecule has 308 valence electrons. The van der Waals surface area contributed by atoms with Gasteiger partial charge in [-0.15, -0.1) is 10.2 Å². The number of amides is 1. The zero-order valence-electron chi connectivity index (χ0n) is 33.0. The van der Waals surface area contributed by atoms with Crippen LogP contribution in [0.15, 0.2) is 89.3 Å². The van der Waals surface area contributed by atoms with Crippen molar-refractivity contribution in [1.82, 2.24) is 15.5 Å². The molecule has 11 nitrogen and oxygen atoms in total. The van der Waals surface area contributed by atoms with E-state index in [0.29, 0.717) is 50.7 Å². The number of carbonyl (C=O) groups excluding carboxylic acids is 2. The van der Waals surface area contributed by atoms with Gasteiger partial charge >= 0.3 is 0 Å². The molecule has 1 aliphatic heterocycles. The number of Topliss-reactive ketones (excluding diaryl/α,β-unsaturated/α-hetero) is 1. The number of nitrogens with zero attached hydrogens (tertiary/aromatic N) is 4. The van der Waals surface area contributed by atoms with Gasteiger partial charge in [0.1, 0.15) is 0 Å². The Labute approximate surface area is 362 Å². The fourth-order valence-corrected chi connectivity index (χ4v) is 6.14. The van der Waals surface area contributed by atoms with Gasteiger partial charge in [0.05, 0.1) is 54.8 Å². The molecule has 0 radical (unpaired) electrons. The molecule has 3 N–H and O–H groups in total. The molecule has 0 spiro atoms. The zero-order valence-corrected chi connectivity index (χ0v) is 36.3. The Balaban J connectivity index is 0.000000265. The third-order valence-corrected chi connectivity index (χ3v) is 10.1. The van der Waals surface area contributed by atoms with Crippen LogP contribution in [0.5, 0.6) is 0 Å². The van der Waals surface area contributed by atoms with Crippen LogP contribution in [0.2, 0.25) is 10.0 Å². The zero-order chi connectivity index (χ0) is 43.2. The first-order chi connectivity index (χ1) is 28.5. The van der Waals surface area contributed by atoms with Gasteiger partial charge in [0.25, 0.3) is 0 Å². The van der Waals surface area contributed by atoms with Crippen LogP contribution in [-0.4, -0.2) is 71.7 Å². The molecule has 1 saturated heterocycles. The summed E-state index contributed by atoms with van der Waals surface area (Å²) >= 11 is 16.7. The summed E-state index contributed by atoms with van der Waals surface area (Å²) in [5.74, 6) is -0.832. The van der Waals surface area contributed by atoms with Gasteiger partial charge in [-0.1, -0.05) is 108 Å². The number of rotatable bonds is 12. The molecule has 2 heterocycles. The molecular weight excluding hydrogens is 828 g/mol. The van der Waals surface area contributed by atoms with E-state index >= 15 is 0 Å². The van der Waals surface area contributed by atoms with E-state index in [2.05, 4.69) is 37.0 Å². The van der Waals surface area contributed by atoms with Crippen LogP contribution in [-0.2, 0) is 34.2 Å². The maximum Gasteiger partial charge on any atom is 0.247 e. The lowest BCUT2D eigenvalue weighted by molar-refractivity contribution is -0.126. The van der Waals surface area contributed by atoms with Crippen LogP contribution in [0.1, 0.15) is 57.3 Å². The number of hydrogen-bond acceptors (Lipinski definition) is 9. The minimum atomic E-state index is -0.702. The summed E-state index contributed by atoms with van der Waals surface area (Å²) in [7, 11) is 1.00. The van der Waals surface area contributed by atoms with Gasteiger partial charge < -0.3 is 24.7 Å². The summed E-state index contributed by atoms with van der Waals surface area (Å²) in [6, 6.07) is 25.0. The van der Waals surface area contributed by atoms with Gasteiger partial charge in [0.15, 0.2) is 5.78 Å². The Hall–Kier alpha value is -4.88. The number of hydrogen-bond donors (Lipinski definition) is 3. The summed E-state index contributed by atoms with van der Waals surface area (Å²) in [5.41, 5.74) is 5.40. The van der Waals surface area contributed by atoms with E-state index in [-0.39, 0.29) is 37.9 Å². The number of aliphatic hydroxyl groups excluding tert-OH is 2. The van der Waals surface area contributed by atoms with Crippen molar-refractivity contribution in [3.63, 3.8) is 0 Å². The lowest BCUT2D eigenvalue weighted by Gasteiger charge is -2.16. The number of aliphatic hydroxyl groups is 2. The average Bonchev–Trinajstić information content (AvgIpc) is 4.02. The van der Waals surface area contributed by atoms with Crippen LogP contribution in [0, 0.1) is 32.9 Å². The van der Waals surface area contributed by atoms with Crippen LogP contribution in [0.3, 0.4) is 0 Å². The third kappa shape index (κ3) is 15.0. The molecule has 1 amide bonds. The molecule has 1 fully saturated rings. The van der Waals surface area contributed by atoms with Gasteiger partial charge in [-0.05, 0) is 87.9 Å². The van der Waals surface area contributed by atoms with E-state index in [9.17, 15) is 19.8 Å².